The lowest BCUT2D eigenvalue weighted by Crippen LogP contribution is -2.45. The largest absolute Gasteiger partial charge is 0.465 e. The van der Waals surface area contributed by atoms with Gasteiger partial charge in [-0.3, -0.25) is 28.8 Å². The molecule has 0 amide bonds. The third-order valence-electron chi connectivity index (χ3n) is 17.0. The van der Waals surface area contributed by atoms with E-state index in [9.17, 15) is 28.8 Å². The topological polar surface area (TPSA) is 158 Å². The molecule has 1 aromatic rings. The Morgan fingerprint density at radius 3 is 0.524 bits per heavy atom. The molecule has 0 saturated heterocycles. The zero-order valence-electron chi connectivity index (χ0n) is 55.6. The van der Waals surface area contributed by atoms with Gasteiger partial charge in [-0.05, 0) is 96.8 Å². The number of benzene rings is 1. The van der Waals surface area contributed by atoms with Crippen LogP contribution >= 0.6 is 0 Å². The van der Waals surface area contributed by atoms with Crippen LogP contribution in [0, 0.1) is 16.2 Å². The molecule has 0 radical (unpaired) electrons. The van der Waals surface area contributed by atoms with E-state index in [1.807, 2.05) is 18.2 Å². The Balaban J connectivity index is 4.02. The molecule has 486 valence electrons. The zero-order chi connectivity index (χ0) is 62.0. The summed E-state index contributed by atoms with van der Waals surface area (Å²) >= 11 is 0. The summed E-state index contributed by atoms with van der Waals surface area (Å²) in [6, 6.07) is 5.53. The summed E-state index contributed by atoms with van der Waals surface area (Å²) in [5, 5.41) is 0. The number of rotatable bonds is 57. The van der Waals surface area contributed by atoms with Gasteiger partial charge in [-0.25, -0.2) is 0 Å². The molecule has 0 aliphatic carbocycles. The van der Waals surface area contributed by atoms with E-state index in [0.717, 1.165) is 77.0 Å². The second-order valence-corrected chi connectivity index (χ2v) is 24.2. The number of hydrogen-bond acceptors (Lipinski definition) is 12. The molecular weight excluding hydrogens is 1060 g/mol. The minimum atomic E-state index is -1.75. The highest BCUT2D eigenvalue weighted by Crippen LogP contribution is 2.40. The van der Waals surface area contributed by atoms with Crippen LogP contribution in [-0.2, 0) is 76.5 Å². The predicted octanol–water partition coefficient (Wildman–Crippen LogP) is 18.9. The number of hydrogen-bond donors (Lipinski definition) is 0. The second kappa shape index (κ2) is 50.1. The highest BCUT2D eigenvalue weighted by atomic mass is 16.6. The average molecular weight is 1180 g/mol. The van der Waals surface area contributed by atoms with E-state index in [-0.39, 0.29) is 78.2 Å². The van der Waals surface area contributed by atoms with Gasteiger partial charge < -0.3 is 28.4 Å². The maximum absolute atomic E-state index is 14.6. The Labute approximate surface area is 513 Å². The Bertz CT molecular complexity index is 1600. The molecule has 12 heteroatoms. The molecule has 84 heavy (non-hydrogen) atoms. The summed E-state index contributed by atoms with van der Waals surface area (Å²) in [5.74, 6) is -4.10. The van der Waals surface area contributed by atoms with E-state index >= 15 is 0 Å². The quantitative estimate of drug-likeness (QED) is 0.0263. The van der Waals surface area contributed by atoms with Gasteiger partial charge in [-0.15, -0.1) is 0 Å². The van der Waals surface area contributed by atoms with E-state index in [1.165, 1.54) is 135 Å². The van der Waals surface area contributed by atoms with Crippen LogP contribution in [-0.4, -0.2) is 75.5 Å². The minimum absolute atomic E-state index is 0.0468. The summed E-state index contributed by atoms with van der Waals surface area (Å²) < 4.78 is 34.8. The van der Waals surface area contributed by atoms with Crippen molar-refractivity contribution in [1.82, 2.24) is 0 Å². The molecule has 12 nitrogen and oxygen atoms in total. The first-order chi connectivity index (χ1) is 40.8. The van der Waals surface area contributed by atoms with Crippen LogP contribution in [0.3, 0.4) is 0 Å². The smallest absolute Gasteiger partial charge is 0.323 e. The highest BCUT2D eigenvalue weighted by Gasteiger charge is 2.52. The number of unbranched alkanes of at least 4 members (excludes halogenated alkanes) is 33. The van der Waals surface area contributed by atoms with Gasteiger partial charge in [-0.1, -0.05) is 270 Å². The number of carbonyl (C=O) groups is 6. The monoisotopic (exact) mass is 1180 g/mol. The Morgan fingerprint density at radius 1 is 0.238 bits per heavy atom. The molecule has 0 spiro atoms. The molecular formula is C72H126O12. The van der Waals surface area contributed by atoms with Crippen molar-refractivity contribution >= 4 is 35.8 Å². The molecule has 0 heterocycles. The van der Waals surface area contributed by atoms with Gasteiger partial charge in [0, 0.05) is 0 Å². The Kier molecular flexibility index (Phi) is 46.5. The molecule has 0 unspecified atom stereocenters. The maximum Gasteiger partial charge on any atom is 0.323 e. The standard InChI is InChI=1S/C72H126O12/c1-10-19-22-25-28-31-34-37-40-43-46-49-52-70(64(73)79-13-4,65(74)80-14-5)58-61-55-62(59-71(66(75)81-15-6,67(76)82-16-7)53-50-47-44-41-38-35-32-29-26-23-20-11-2)57-63(56-61)60-72(68(77)83-17-8,69(78)84-18-9)54-51-48-45-42-39-36-33-30-27-24-21-12-3/h55-57H,10-54,58-60H2,1-9H3. The maximum atomic E-state index is 14.6. The normalized spacial score (nSPS) is 11.8. The number of esters is 6. The van der Waals surface area contributed by atoms with E-state index in [4.69, 9.17) is 28.4 Å². The first-order valence-corrected chi connectivity index (χ1v) is 35.0. The van der Waals surface area contributed by atoms with Crippen LogP contribution in [0.25, 0.3) is 0 Å². The summed E-state index contributed by atoms with van der Waals surface area (Å²) in [4.78, 5) is 87.7. The fraction of sp³-hybridized carbons (Fsp3) is 0.833. The Morgan fingerprint density at radius 2 is 0.381 bits per heavy atom. The van der Waals surface area contributed by atoms with Crippen molar-refractivity contribution in [2.45, 2.75) is 332 Å². The van der Waals surface area contributed by atoms with Crippen molar-refractivity contribution in [3.8, 4) is 0 Å². The third-order valence-corrected chi connectivity index (χ3v) is 17.0. The molecule has 0 aromatic heterocycles. The first-order valence-electron chi connectivity index (χ1n) is 35.0. The lowest BCUT2D eigenvalue weighted by molar-refractivity contribution is -0.174. The van der Waals surface area contributed by atoms with Gasteiger partial charge in [0.05, 0.1) is 39.6 Å². The molecule has 0 atom stereocenters. The molecule has 0 N–H and O–H groups in total. The van der Waals surface area contributed by atoms with Gasteiger partial charge in [-0.2, -0.15) is 0 Å². The number of ether oxygens (including phenoxy) is 6. The first kappa shape index (κ1) is 78.1. The van der Waals surface area contributed by atoms with Crippen LogP contribution in [0.15, 0.2) is 18.2 Å². The van der Waals surface area contributed by atoms with Gasteiger partial charge in [0.2, 0.25) is 0 Å². The van der Waals surface area contributed by atoms with Gasteiger partial charge in [0.15, 0.2) is 16.2 Å². The summed E-state index contributed by atoms with van der Waals surface area (Å²) in [6.07, 6.45) is 40.2. The van der Waals surface area contributed by atoms with Crippen molar-refractivity contribution in [1.29, 1.82) is 0 Å². The highest BCUT2D eigenvalue weighted by molar-refractivity contribution is 6.02. The van der Waals surface area contributed by atoms with Crippen molar-refractivity contribution < 1.29 is 57.2 Å². The summed E-state index contributed by atoms with van der Waals surface area (Å²) in [7, 11) is 0. The lowest BCUT2D eigenvalue weighted by Gasteiger charge is -2.32. The molecule has 0 bridgehead atoms. The van der Waals surface area contributed by atoms with Crippen molar-refractivity contribution in [2.75, 3.05) is 39.6 Å². The Hall–Kier alpha value is -3.96. The number of carbonyl (C=O) groups excluding carboxylic acids is 6. The molecule has 0 saturated carbocycles. The average Bonchev–Trinajstić information content (AvgIpc) is 2.61. The van der Waals surface area contributed by atoms with E-state index in [0.29, 0.717) is 36.0 Å². The van der Waals surface area contributed by atoms with Crippen molar-refractivity contribution in [3.63, 3.8) is 0 Å². The van der Waals surface area contributed by atoms with E-state index in [1.54, 1.807) is 41.5 Å². The molecule has 1 rings (SSSR count). The second-order valence-electron chi connectivity index (χ2n) is 24.2. The van der Waals surface area contributed by atoms with E-state index in [2.05, 4.69) is 20.8 Å². The zero-order valence-corrected chi connectivity index (χ0v) is 55.6. The van der Waals surface area contributed by atoms with Crippen molar-refractivity contribution in [3.05, 3.63) is 34.9 Å². The van der Waals surface area contributed by atoms with Crippen LogP contribution in [0.2, 0.25) is 0 Å². The van der Waals surface area contributed by atoms with Crippen LogP contribution in [0.1, 0.15) is 329 Å². The summed E-state index contributed by atoms with van der Waals surface area (Å²) in [5.41, 5.74) is -3.65. The fourth-order valence-corrected chi connectivity index (χ4v) is 12.2. The van der Waals surface area contributed by atoms with Gasteiger partial charge in [0.1, 0.15) is 0 Å². The van der Waals surface area contributed by atoms with Crippen LogP contribution in [0.5, 0.6) is 0 Å². The van der Waals surface area contributed by atoms with Gasteiger partial charge >= 0.3 is 35.8 Å². The lowest BCUT2D eigenvalue weighted by atomic mass is 9.72. The molecule has 0 fully saturated rings. The van der Waals surface area contributed by atoms with Gasteiger partial charge in [0.25, 0.3) is 0 Å². The minimum Gasteiger partial charge on any atom is -0.465 e. The van der Waals surface area contributed by atoms with E-state index < -0.39 is 52.1 Å². The molecule has 0 aliphatic rings. The third kappa shape index (κ3) is 31.1. The van der Waals surface area contributed by atoms with Crippen molar-refractivity contribution in [2.24, 2.45) is 16.2 Å². The summed E-state index contributed by atoms with van der Waals surface area (Å²) in [6.45, 7) is 17.3. The van der Waals surface area contributed by atoms with Crippen LogP contribution < -0.4 is 0 Å². The SMILES string of the molecule is CCCCCCCCCCCCCCC(Cc1cc(CC(CCCCCCCCCCCCCC)(C(=O)OCC)C(=O)OCC)cc(CC(CCCCCCCCCCCCCC)(C(=O)OCC)C(=O)OCC)c1)(C(=O)OCC)C(=O)OCC. The molecule has 0 aliphatic heterocycles. The van der Waals surface area contributed by atoms with Crippen LogP contribution in [0.4, 0.5) is 0 Å². The predicted molar refractivity (Wildman–Crippen MR) is 342 cm³/mol. The molecule has 1 aromatic carbocycles. The fourth-order valence-electron chi connectivity index (χ4n) is 12.2.